The van der Waals surface area contributed by atoms with Crippen LogP contribution < -0.4 is 5.73 Å². The molecule has 0 saturated carbocycles. The molecule has 0 atom stereocenters. The first-order valence-electron chi connectivity index (χ1n) is 8.93. The molecule has 0 aliphatic heterocycles. The molecule has 6 heteroatoms. The van der Waals surface area contributed by atoms with Crippen LogP contribution >= 0.6 is 11.3 Å². The highest BCUT2D eigenvalue weighted by atomic mass is 32.1. The van der Waals surface area contributed by atoms with Crippen LogP contribution in [0, 0.1) is 0 Å². The van der Waals surface area contributed by atoms with E-state index in [1.165, 1.54) is 0 Å². The van der Waals surface area contributed by atoms with Gasteiger partial charge in [0.05, 0.1) is 29.1 Å². The molecule has 2 aromatic carbocycles. The molecule has 0 unspecified atom stereocenters. The Morgan fingerprint density at radius 3 is 2.61 bits per heavy atom. The maximum Gasteiger partial charge on any atom is 0.127 e. The Balaban J connectivity index is 1.69. The SMILES string of the molecule is Nc1ccccc1Cn1cnc(-c2ccccc2)c1-c1cc2cncnc2s1. The number of aromatic nitrogens is 4. The summed E-state index contributed by atoms with van der Waals surface area (Å²) in [4.78, 5) is 15.4. The van der Waals surface area contributed by atoms with Gasteiger partial charge in [-0.05, 0) is 17.7 Å². The number of hydrogen-bond acceptors (Lipinski definition) is 5. The Kier molecular flexibility index (Phi) is 4.10. The van der Waals surface area contributed by atoms with Crippen molar-refractivity contribution in [3.63, 3.8) is 0 Å². The largest absolute Gasteiger partial charge is 0.398 e. The van der Waals surface area contributed by atoms with Gasteiger partial charge >= 0.3 is 0 Å². The van der Waals surface area contributed by atoms with Crippen molar-refractivity contribution in [1.82, 2.24) is 19.5 Å². The molecule has 136 valence electrons. The van der Waals surface area contributed by atoms with E-state index >= 15 is 0 Å². The number of imidazole rings is 1. The van der Waals surface area contributed by atoms with Crippen molar-refractivity contribution >= 4 is 27.2 Å². The van der Waals surface area contributed by atoms with Crippen LogP contribution in [0.15, 0.2) is 79.5 Å². The minimum atomic E-state index is 0.655. The predicted molar refractivity (Wildman–Crippen MR) is 114 cm³/mol. The lowest BCUT2D eigenvalue weighted by Crippen LogP contribution is -2.03. The lowest BCUT2D eigenvalue weighted by molar-refractivity contribution is 0.808. The normalized spacial score (nSPS) is 11.1. The summed E-state index contributed by atoms with van der Waals surface area (Å²) in [5.41, 5.74) is 11.1. The van der Waals surface area contributed by atoms with Gasteiger partial charge in [-0.25, -0.2) is 15.0 Å². The number of nitrogens with zero attached hydrogens (tertiary/aromatic N) is 4. The highest BCUT2D eigenvalue weighted by Gasteiger charge is 2.18. The number of anilines is 1. The van der Waals surface area contributed by atoms with E-state index in [2.05, 4.69) is 38.8 Å². The number of fused-ring (bicyclic) bond motifs is 1. The Hall–Kier alpha value is -3.51. The highest BCUT2D eigenvalue weighted by molar-refractivity contribution is 7.21. The molecule has 0 radical (unpaired) electrons. The van der Waals surface area contributed by atoms with Crippen molar-refractivity contribution in [3.05, 3.63) is 85.1 Å². The van der Waals surface area contributed by atoms with Crippen LogP contribution in [0.4, 0.5) is 5.69 Å². The van der Waals surface area contributed by atoms with E-state index < -0.39 is 0 Å². The molecule has 0 spiro atoms. The fourth-order valence-electron chi connectivity index (χ4n) is 3.33. The third-order valence-corrected chi connectivity index (χ3v) is 5.78. The molecular formula is C22H17N5S. The van der Waals surface area contributed by atoms with Gasteiger partial charge in [0.25, 0.3) is 0 Å². The Morgan fingerprint density at radius 2 is 1.79 bits per heavy atom. The first-order chi connectivity index (χ1) is 13.8. The van der Waals surface area contributed by atoms with Crippen molar-refractivity contribution in [2.75, 3.05) is 5.73 Å². The van der Waals surface area contributed by atoms with E-state index in [0.717, 1.165) is 43.3 Å². The minimum Gasteiger partial charge on any atom is -0.398 e. The van der Waals surface area contributed by atoms with Crippen LogP contribution in [0.25, 0.3) is 32.0 Å². The third kappa shape index (κ3) is 2.93. The van der Waals surface area contributed by atoms with Crippen LogP contribution in [-0.2, 0) is 6.54 Å². The van der Waals surface area contributed by atoms with E-state index in [1.54, 1.807) is 17.7 Å². The van der Waals surface area contributed by atoms with Gasteiger partial charge in [0.2, 0.25) is 0 Å². The van der Waals surface area contributed by atoms with E-state index in [-0.39, 0.29) is 0 Å². The van der Waals surface area contributed by atoms with Crippen molar-refractivity contribution in [3.8, 4) is 21.8 Å². The van der Waals surface area contributed by atoms with E-state index in [0.29, 0.717) is 6.54 Å². The number of nitrogen functional groups attached to an aromatic ring is 1. The molecule has 0 bridgehead atoms. The summed E-state index contributed by atoms with van der Waals surface area (Å²) >= 11 is 1.65. The Morgan fingerprint density at radius 1 is 0.964 bits per heavy atom. The van der Waals surface area contributed by atoms with Gasteiger partial charge in [-0.2, -0.15) is 0 Å². The molecule has 0 saturated heterocycles. The van der Waals surface area contributed by atoms with Crippen LogP contribution in [0.3, 0.4) is 0 Å². The summed E-state index contributed by atoms with van der Waals surface area (Å²) < 4.78 is 2.16. The molecule has 3 heterocycles. The quantitative estimate of drug-likeness (QED) is 0.450. The summed E-state index contributed by atoms with van der Waals surface area (Å²) in [5.74, 6) is 0. The van der Waals surface area contributed by atoms with Gasteiger partial charge in [-0.3, -0.25) is 0 Å². The molecule has 0 aliphatic carbocycles. The Bertz CT molecular complexity index is 1220. The van der Waals surface area contributed by atoms with Crippen LogP contribution in [0.2, 0.25) is 0 Å². The highest BCUT2D eigenvalue weighted by Crippen LogP contribution is 2.38. The fraction of sp³-hybridized carbons (Fsp3) is 0.0455. The van der Waals surface area contributed by atoms with E-state index in [1.807, 2.05) is 48.9 Å². The van der Waals surface area contributed by atoms with Crippen molar-refractivity contribution in [2.24, 2.45) is 0 Å². The number of nitrogens with two attached hydrogens (primary N) is 1. The zero-order valence-electron chi connectivity index (χ0n) is 15.0. The molecule has 5 nitrogen and oxygen atoms in total. The van der Waals surface area contributed by atoms with Gasteiger partial charge in [0.15, 0.2) is 0 Å². The average Bonchev–Trinajstić information content (AvgIpc) is 3.34. The molecule has 0 aliphatic rings. The third-order valence-electron chi connectivity index (χ3n) is 4.71. The van der Waals surface area contributed by atoms with Gasteiger partial charge in [0, 0.05) is 22.8 Å². The van der Waals surface area contributed by atoms with Gasteiger partial charge in [-0.1, -0.05) is 48.5 Å². The second kappa shape index (κ2) is 6.90. The second-order valence-electron chi connectivity index (χ2n) is 6.53. The number of benzene rings is 2. The summed E-state index contributed by atoms with van der Waals surface area (Å²) in [6, 6.07) is 20.3. The molecule has 3 aromatic heterocycles. The standard InChI is InChI=1S/C22H17N5S/c23-18-9-5-4-8-16(18)12-27-14-26-20(15-6-2-1-3-7-15)21(27)19-10-17-11-24-13-25-22(17)28-19/h1-11,13-14H,12,23H2. The molecule has 0 fully saturated rings. The molecular weight excluding hydrogens is 366 g/mol. The zero-order valence-corrected chi connectivity index (χ0v) is 15.8. The first-order valence-corrected chi connectivity index (χ1v) is 9.75. The minimum absolute atomic E-state index is 0.655. The van der Waals surface area contributed by atoms with E-state index in [9.17, 15) is 0 Å². The summed E-state index contributed by atoms with van der Waals surface area (Å²) in [6.45, 7) is 0.655. The zero-order chi connectivity index (χ0) is 18.9. The topological polar surface area (TPSA) is 69.6 Å². The number of hydrogen-bond donors (Lipinski definition) is 1. The predicted octanol–water partition coefficient (Wildman–Crippen LogP) is 4.85. The monoisotopic (exact) mass is 383 g/mol. The maximum absolute atomic E-state index is 6.19. The lowest BCUT2D eigenvalue weighted by Gasteiger charge is -2.11. The second-order valence-corrected chi connectivity index (χ2v) is 7.56. The van der Waals surface area contributed by atoms with Gasteiger partial charge in [0.1, 0.15) is 11.2 Å². The van der Waals surface area contributed by atoms with Crippen LogP contribution in [0.5, 0.6) is 0 Å². The fourth-order valence-corrected chi connectivity index (χ4v) is 4.37. The first kappa shape index (κ1) is 16.6. The molecule has 2 N–H and O–H groups in total. The Labute approximate surface area is 166 Å². The van der Waals surface area contributed by atoms with Gasteiger partial charge < -0.3 is 10.3 Å². The number of rotatable bonds is 4. The van der Waals surface area contributed by atoms with Crippen molar-refractivity contribution in [1.29, 1.82) is 0 Å². The van der Waals surface area contributed by atoms with E-state index in [4.69, 9.17) is 10.7 Å². The average molecular weight is 383 g/mol. The molecule has 5 rings (SSSR count). The summed E-state index contributed by atoms with van der Waals surface area (Å²) in [5, 5.41) is 1.04. The molecule has 0 amide bonds. The smallest absolute Gasteiger partial charge is 0.127 e. The molecule has 28 heavy (non-hydrogen) atoms. The summed E-state index contributed by atoms with van der Waals surface area (Å²) in [7, 11) is 0. The molecule has 5 aromatic rings. The maximum atomic E-state index is 6.19. The number of thiophene rings is 1. The van der Waals surface area contributed by atoms with Crippen LogP contribution in [-0.4, -0.2) is 19.5 Å². The number of para-hydroxylation sites is 1. The van der Waals surface area contributed by atoms with Crippen LogP contribution in [0.1, 0.15) is 5.56 Å². The lowest BCUT2D eigenvalue weighted by atomic mass is 10.1. The van der Waals surface area contributed by atoms with Crippen molar-refractivity contribution in [2.45, 2.75) is 6.54 Å². The summed E-state index contributed by atoms with van der Waals surface area (Å²) in [6.07, 6.45) is 5.32. The van der Waals surface area contributed by atoms with Gasteiger partial charge in [-0.15, -0.1) is 11.3 Å². The van der Waals surface area contributed by atoms with Crippen molar-refractivity contribution < 1.29 is 0 Å².